The molecule has 1 heterocycles. The molecule has 0 spiro atoms. The fourth-order valence-electron chi connectivity index (χ4n) is 2.01. The molecule has 0 aliphatic heterocycles. The minimum atomic E-state index is -0.524. The second kappa shape index (κ2) is 7.39. The molecular formula is C18H13FN2O4. The van der Waals surface area contributed by atoms with E-state index in [1.807, 2.05) is 0 Å². The molecule has 0 atom stereocenters. The highest BCUT2D eigenvalue weighted by molar-refractivity contribution is 5.35. The molecule has 0 fully saturated rings. The molecule has 0 N–H and O–H groups in total. The second-order valence-electron chi connectivity index (χ2n) is 5.10. The topological polar surface area (TPSA) is 74.5 Å². The Balaban J connectivity index is 1.58. The van der Waals surface area contributed by atoms with Crippen molar-refractivity contribution in [3.05, 3.63) is 88.4 Å². The van der Waals surface area contributed by atoms with Gasteiger partial charge in [0.05, 0.1) is 4.92 Å². The molecule has 0 aliphatic rings. The Bertz CT molecular complexity index is 850. The smallest absolute Gasteiger partial charge is 0.287 e. The SMILES string of the molecule is O=[N+]([O-])c1ccc(Oc2ccc(OCc3ccc(F)cc3)cc2)nc1. The first kappa shape index (κ1) is 16.4. The highest BCUT2D eigenvalue weighted by Crippen LogP contribution is 2.24. The summed E-state index contributed by atoms with van der Waals surface area (Å²) >= 11 is 0. The molecule has 3 aromatic rings. The molecule has 25 heavy (non-hydrogen) atoms. The van der Waals surface area contributed by atoms with Crippen molar-refractivity contribution in [1.82, 2.24) is 4.98 Å². The molecular weight excluding hydrogens is 327 g/mol. The summed E-state index contributed by atoms with van der Waals surface area (Å²) in [6.45, 7) is 0.324. The summed E-state index contributed by atoms with van der Waals surface area (Å²) < 4.78 is 24.0. The van der Waals surface area contributed by atoms with E-state index in [1.54, 1.807) is 36.4 Å². The largest absolute Gasteiger partial charge is 0.489 e. The molecule has 126 valence electrons. The van der Waals surface area contributed by atoms with Gasteiger partial charge in [-0.05, 0) is 42.0 Å². The van der Waals surface area contributed by atoms with Gasteiger partial charge < -0.3 is 9.47 Å². The molecule has 2 aromatic carbocycles. The van der Waals surface area contributed by atoms with Gasteiger partial charge in [-0.25, -0.2) is 9.37 Å². The van der Waals surface area contributed by atoms with Gasteiger partial charge in [-0.3, -0.25) is 10.1 Å². The van der Waals surface area contributed by atoms with Crippen molar-refractivity contribution < 1.29 is 18.8 Å². The number of nitrogens with zero attached hydrogens (tertiary/aromatic N) is 2. The summed E-state index contributed by atoms with van der Waals surface area (Å²) in [5.74, 6) is 1.12. The Morgan fingerprint density at radius 3 is 2.24 bits per heavy atom. The molecule has 6 nitrogen and oxygen atoms in total. The van der Waals surface area contributed by atoms with Crippen LogP contribution in [0, 0.1) is 15.9 Å². The fraction of sp³-hybridized carbons (Fsp3) is 0.0556. The molecule has 0 aliphatic carbocycles. The average Bonchev–Trinajstić information content (AvgIpc) is 2.63. The van der Waals surface area contributed by atoms with Crippen molar-refractivity contribution in [3.63, 3.8) is 0 Å². The maximum absolute atomic E-state index is 12.8. The van der Waals surface area contributed by atoms with E-state index in [0.717, 1.165) is 11.8 Å². The number of rotatable bonds is 6. The van der Waals surface area contributed by atoms with Crippen LogP contribution >= 0.6 is 0 Å². The van der Waals surface area contributed by atoms with Crippen molar-refractivity contribution in [3.8, 4) is 17.4 Å². The highest BCUT2D eigenvalue weighted by Gasteiger charge is 2.06. The molecule has 0 saturated carbocycles. The van der Waals surface area contributed by atoms with Crippen LogP contribution in [0.15, 0.2) is 66.9 Å². The summed E-state index contributed by atoms with van der Waals surface area (Å²) in [6.07, 6.45) is 1.13. The molecule has 0 radical (unpaired) electrons. The summed E-state index contributed by atoms with van der Waals surface area (Å²) in [4.78, 5) is 13.9. The maximum atomic E-state index is 12.8. The van der Waals surface area contributed by atoms with Crippen LogP contribution in [0.25, 0.3) is 0 Å². The molecule has 1 aromatic heterocycles. The van der Waals surface area contributed by atoms with Gasteiger partial charge in [-0.2, -0.15) is 0 Å². The molecule has 0 amide bonds. The Hall–Kier alpha value is -3.48. The van der Waals surface area contributed by atoms with Crippen LogP contribution < -0.4 is 9.47 Å². The lowest BCUT2D eigenvalue weighted by Crippen LogP contribution is -1.95. The van der Waals surface area contributed by atoms with E-state index in [9.17, 15) is 14.5 Å². The van der Waals surface area contributed by atoms with Crippen LogP contribution in [0.1, 0.15) is 5.56 Å². The van der Waals surface area contributed by atoms with Crippen molar-refractivity contribution in [2.45, 2.75) is 6.61 Å². The lowest BCUT2D eigenvalue weighted by atomic mass is 10.2. The Labute approximate surface area is 142 Å². The number of hydrogen-bond donors (Lipinski definition) is 0. The van der Waals surface area contributed by atoms with E-state index in [1.165, 1.54) is 24.3 Å². The average molecular weight is 340 g/mol. The van der Waals surface area contributed by atoms with E-state index < -0.39 is 4.92 Å². The molecule has 0 unspecified atom stereocenters. The zero-order chi connectivity index (χ0) is 17.6. The van der Waals surface area contributed by atoms with Gasteiger partial charge in [0.15, 0.2) is 0 Å². The first-order valence-electron chi connectivity index (χ1n) is 7.36. The third kappa shape index (κ3) is 4.51. The van der Waals surface area contributed by atoms with Gasteiger partial charge in [-0.15, -0.1) is 0 Å². The van der Waals surface area contributed by atoms with Crippen LogP contribution in [0.3, 0.4) is 0 Å². The number of nitro groups is 1. The van der Waals surface area contributed by atoms with Gasteiger partial charge in [0.1, 0.15) is 30.1 Å². The summed E-state index contributed by atoms with van der Waals surface area (Å²) in [5.41, 5.74) is 0.758. The molecule has 7 heteroatoms. The predicted octanol–water partition coefficient (Wildman–Crippen LogP) is 4.50. The van der Waals surface area contributed by atoms with Gasteiger partial charge in [-0.1, -0.05) is 12.1 Å². The van der Waals surface area contributed by atoms with Gasteiger partial charge in [0, 0.05) is 12.1 Å². The Morgan fingerprint density at radius 2 is 1.64 bits per heavy atom. The maximum Gasteiger partial charge on any atom is 0.287 e. The van der Waals surface area contributed by atoms with E-state index >= 15 is 0 Å². The van der Waals surface area contributed by atoms with Crippen molar-refractivity contribution >= 4 is 5.69 Å². The van der Waals surface area contributed by atoms with Crippen LogP contribution in [0.4, 0.5) is 10.1 Å². The Morgan fingerprint density at radius 1 is 0.960 bits per heavy atom. The third-order valence-corrected chi connectivity index (χ3v) is 3.30. The van der Waals surface area contributed by atoms with Crippen LogP contribution in [-0.2, 0) is 6.61 Å². The zero-order valence-electron chi connectivity index (χ0n) is 13.0. The van der Waals surface area contributed by atoms with Gasteiger partial charge in [0.2, 0.25) is 5.88 Å². The van der Waals surface area contributed by atoms with Gasteiger partial charge >= 0.3 is 0 Å². The minimum Gasteiger partial charge on any atom is -0.489 e. The number of aromatic nitrogens is 1. The van der Waals surface area contributed by atoms with Crippen LogP contribution in [0.5, 0.6) is 17.4 Å². The van der Waals surface area contributed by atoms with E-state index in [0.29, 0.717) is 18.1 Å². The second-order valence-corrected chi connectivity index (χ2v) is 5.10. The van der Waals surface area contributed by atoms with E-state index in [-0.39, 0.29) is 17.4 Å². The quantitative estimate of drug-likeness (QED) is 0.488. The normalized spacial score (nSPS) is 10.3. The first-order chi connectivity index (χ1) is 12.1. The number of halogens is 1. The first-order valence-corrected chi connectivity index (χ1v) is 7.36. The molecule has 0 saturated heterocycles. The lowest BCUT2D eigenvalue weighted by Gasteiger charge is -2.08. The standard InChI is InChI=1S/C18H13FN2O4/c19-14-3-1-13(2-4-14)12-24-16-6-8-17(9-7-16)25-18-10-5-15(11-20-18)21(22)23/h1-11H,12H2. The van der Waals surface area contributed by atoms with E-state index in [2.05, 4.69) is 4.98 Å². The monoisotopic (exact) mass is 340 g/mol. The van der Waals surface area contributed by atoms with Crippen LogP contribution in [0.2, 0.25) is 0 Å². The number of hydrogen-bond acceptors (Lipinski definition) is 5. The number of pyridine rings is 1. The van der Waals surface area contributed by atoms with E-state index in [4.69, 9.17) is 9.47 Å². The fourth-order valence-corrected chi connectivity index (χ4v) is 2.01. The number of ether oxygens (including phenoxy) is 2. The highest BCUT2D eigenvalue weighted by atomic mass is 19.1. The van der Waals surface area contributed by atoms with Crippen LogP contribution in [-0.4, -0.2) is 9.91 Å². The summed E-state index contributed by atoms with van der Waals surface area (Å²) in [7, 11) is 0. The lowest BCUT2D eigenvalue weighted by molar-refractivity contribution is -0.385. The molecule has 3 rings (SSSR count). The van der Waals surface area contributed by atoms with Gasteiger partial charge in [0.25, 0.3) is 5.69 Å². The Kier molecular flexibility index (Phi) is 4.84. The minimum absolute atomic E-state index is 0.100. The molecule has 0 bridgehead atoms. The van der Waals surface area contributed by atoms with Crippen molar-refractivity contribution in [1.29, 1.82) is 0 Å². The predicted molar refractivity (Wildman–Crippen MR) is 88.1 cm³/mol. The van der Waals surface area contributed by atoms with Crippen molar-refractivity contribution in [2.75, 3.05) is 0 Å². The third-order valence-electron chi connectivity index (χ3n) is 3.30. The van der Waals surface area contributed by atoms with Crippen molar-refractivity contribution in [2.24, 2.45) is 0 Å². The summed E-state index contributed by atoms with van der Waals surface area (Å²) in [6, 6.07) is 15.7. The zero-order valence-corrected chi connectivity index (χ0v) is 13.0. The summed E-state index contributed by atoms with van der Waals surface area (Å²) in [5, 5.41) is 10.6. The number of benzene rings is 2.